The SMILES string of the molecule is N#C[C@]1(CN=[N+]=[N-])CCCC[C@@H]1c1ccccc1. The molecule has 0 aliphatic heterocycles. The van der Waals surface area contributed by atoms with Crippen LogP contribution in [0.1, 0.15) is 37.2 Å². The quantitative estimate of drug-likeness (QED) is 0.444. The van der Waals surface area contributed by atoms with Gasteiger partial charge in [-0.3, -0.25) is 0 Å². The fourth-order valence-electron chi connectivity index (χ4n) is 2.93. The lowest BCUT2D eigenvalue weighted by Crippen LogP contribution is -2.33. The molecule has 4 heteroatoms. The Bertz CT molecular complexity index is 484. The summed E-state index contributed by atoms with van der Waals surface area (Å²) < 4.78 is 0. The molecule has 18 heavy (non-hydrogen) atoms. The lowest BCUT2D eigenvalue weighted by molar-refractivity contribution is 0.230. The maximum Gasteiger partial charge on any atom is 0.0698 e. The van der Waals surface area contributed by atoms with Crippen LogP contribution in [0.4, 0.5) is 0 Å². The third-order valence-corrected chi connectivity index (χ3v) is 3.87. The highest BCUT2D eigenvalue weighted by molar-refractivity contribution is 5.27. The molecule has 2 atom stereocenters. The van der Waals surface area contributed by atoms with Crippen LogP contribution in [-0.4, -0.2) is 6.54 Å². The number of azide groups is 1. The summed E-state index contributed by atoms with van der Waals surface area (Å²) in [6.07, 6.45) is 4.00. The molecule has 92 valence electrons. The van der Waals surface area contributed by atoms with E-state index in [4.69, 9.17) is 5.53 Å². The highest BCUT2D eigenvalue weighted by atomic mass is 15.1. The summed E-state index contributed by atoms with van der Waals surface area (Å²) in [6, 6.07) is 12.6. The number of hydrogen-bond acceptors (Lipinski definition) is 2. The number of rotatable bonds is 3. The minimum Gasteiger partial charge on any atom is -0.198 e. The summed E-state index contributed by atoms with van der Waals surface area (Å²) in [5, 5.41) is 13.2. The molecule has 2 rings (SSSR count). The van der Waals surface area contributed by atoms with E-state index >= 15 is 0 Å². The van der Waals surface area contributed by atoms with Crippen molar-refractivity contribution in [1.82, 2.24) is 0 Å². The molecule has 1 aliphatic carbocycles. The summed E-state index contributed by atoms with van der Waals surface area (Å²) >= 11 is 0. The van der Waals surface area contributed by atoms with Gasteiger partial charge in [0.2, 0.25) is 0 Å². The van der Waals surface area contributed by atoms with E-state index in [-0.39, 0.29) is 12.5 Å². The Morgan fingerprint density at radius 2 is 2.17 bits per heavy atom. The average molecular weight is 240 g/mol. The molecule has 0 aromatic heterocycles. The molecule has 1 fully saturated rings. The Kier molecular flexibility index (Phi) is 3.86. The molecule has 0 spiro atoms. The second-order valence-electron chi connectivity index (χ2n) is 4.87. The predicted molar refractivity (Wildman–Crippen MR) is 69.7 cm³/mol. The van der Waals surface area contributed by atoms with Gasteiger partial charge in [-0.05, 0) is 23.9 Å². The first-order chi connectivity index (χ1) is 8.82. The minimum absolute atomic E-state index is 0.183. The molecule has 4 nitrogen and oxygen atoms in total. The molecule has 1 aliphatic rings. The van der Waals surface area contributed by atoms with Crippen LogP contribution in [0, 0.1) is 16.7 Å². The molecule has 0 bridgehead atoms. The molecule has 0 radical (unpaired) electrons. The first-order valence-corrected chi connectivity index (χ1v) is 6.29. The van der Waals surface area contributed by atoms with Crippen LogP contribution in [0.2, 0.25) is 0 Å². The zero-order valence-corrected chi connectivity index (χ0v) is 10.3. The first kappa shape index (κ1) is 12.5. The number of nitrogens with zero attached hydrogens (tertiary/aromatic N) is 4. The zero-order chi connectivity index (χ0) is 12.8. The highest BCUT2D eigenvalue weighted by Gasteiger charge is 2.41. The van der Waals surface area contributed by atoms with Crippen LogP contribution < -0.4 is 0 Å². The van der Waals surface area contributed by atoms with E-state index in [1.54, 1.807) is 0 Å². The molecule has 0 N–H and O–H groups in total. The van der Waals surface area contributed by atoms with E-state index in [1.807, 2.05) is 18.2 Å². The van der Waals surface area contributed by atoms with E-state index < -0.39 is 5.41 Å². The Morgan fingerprint density at radius 3 is 2.83 bits per heavy atom. The lowest BCUT2D eigenvalue weighted by Gasteiger charge is -2.38. The van der Waals surface area contributed by atoms with Crippen molar-refractivity contribution in [1.29, 1.82) is 5.26 Å². The maximum atomic E-state index is 9.57. The van der Waals surface area contributed by atoms with Crippen molar-refractivity contribution in [3.63, 3.8) is 0 Å². The van der Waals surface area contributed by atoms with Crippen LogP contribution in [-0.2, 0) is 0 Å². The second kappa shape index (κ2) is 5.57. The van der Waals surface area contributed by atoms with Crippen LogP contribution in [0.5, 0.6) is 0 Å². The van der Waals surface area contributed by atoms with Gasteiger partial charge in [-0.1, -0.05) is 48.3 Å². The normalized spacial score (nSPS) is 26.9. The summed E-state index contributed by atoms with van der Waals surface area (Å²) in [5.74, 6) is 0.183. The first-order valence-electron chi connectivity index (χ1n) is 6.29. The van der Waals surface area contributed by atoms with Gasteiger partial charge in [-0.25, -0.2) is 0 Å². The van der Waals surface area contributed by atoms with E-state index in [0.717, 1.165) is 25.7 Å². The fourth-order valence-corrected chi connectivity index (χ4v) is 2.93. The van der Waals surface area contributed by atoms with Gasteiger partial charge in [0.25, 0.3) is 0 Å². The molecule has 0 amide bonds. The number of hydrogen-bond donors (Lipinski definition) is 0. The Balaban J connectivity index is 2.35. The van der Waals surface area contributed by atoms with Gasteiger partial charge in [0.15, 0.2) is 0 Å². The summed E-state index contributed by atoms with van der Waals surface area (Å²) in [6.45, 7) is 0.277. The van der Waals surface area contributed by atoms with Gasteiger partial charge < -0.3 is 0 Å². The topological polar surface area (TPSA) is 72.5 Å². The second-order valence-corrected chi connectivity index (χ2v) is 4.87. The van der Waals surface area contributed by atoms with Crippen molar-refractivity contribution in [2.45, 2.75) is 31.6 Å². The van der Waals surface area contributed by atoms with Crippen LogP contribution >= 0.6 is 0 Å². The zero-order valence-electron chi connectivity index (χ0n) is 10.3. The molecule has 1 aromatic rings. The van der Waals surface area contributed by atoms with E-state index in [9.17, 15) is 5.26 Å². The monoisotopic (exact) mass is 240 g/mol. The van der Waals surface area contributed by atoms with Crippen LogP contribution in [0.3, 0.4) is 0 Å². The van der Waals surface area contributed by atoms with Crippen molar-refractivity contribution in [3.05, 3.63) is 46.3 Å². The van der Waals surface area contributed by atoms with Crippen LogP contribution in [0.25, 0.3) is 10.4 Å². The van der Waals surface area contributed by atoms with Crippen molar-refractivity contribution in [3.8, 4) is 6.07 Å². The number of benzene rings is 1. The highest BCUT2D eigenvalue weighted by Crippen LogP contribution is 2.47. The van der Waals surface area contributed by atoms with Crippen molar-refractivity contribution >= 4 is 0 Å². The van der Waals surface area contributed by atoms with Crippen LogP contribution in [0.15, 0.2) is 35.4 Å². The summed E-state index contributed by atoms with van der Waals surface area (Å²) in [5.41, 5.74) is 9.18. The van der Waals surface area contributed by atoms with E-state index in [0.29, 0.717) is 0 Å². The fraction of sp³-hybridized carbons (Fsp3) is 0.500. The van der Waals surface area contributed by atoms with Crippen molar-refractivity contribution in [2.75, 3.05) is 6.54 Å². The number of nitriles is 1. The van der Waals surface area contributed by atoms with Crippen molar-refractivity contribution in [2.24, 2.45) is 10.5 Å². The third-order valence-electron chi connectivity index (χ3n) is 3.87. The molecular weight excluding hydrogens is 224 g/mol. The summed E-state index contributed by atoms with van der Waals surface area (Å²) in [4.78, 5) is 2.82. The minimum atomic E-state index is -0.522. The molecular formula is C14H16N4. The van der Waals surface area contributed by atoms with Crippen molar-refractivity contribution < 1.29 is 0 Å². The van der Waals surface area contributed by atoms with Gasteiger partial charge in [0.1, 0.15) is 0 Å². The van der Waals surface area contributed by atoms with E-state index in [2.05, 4.69) is 28.2 Å². The molecule has 1 aromatic carbocycles. The van der Waals surface area contributed by atoms with Gasteiger partial charge in [0, 0.05) is 17.4 Å². The molecule has 0 saturated heterocycles. The third kappa shape index (κ3) is 2.32. The van der Waals surface area contributed by atoms with Gasteiger partial charge >= 0.3 is 0 Å². The van der Waals surface area contributed by atoms with Gasteiger partial charge in [0.05, 0.1) is 11.5 Å². The standard InChI is InChI=1S/C14H16N4/c15-10-14(11-17-18-16)9-5-4-8-13(14)12-6-2-1-3-7-12/h1-3,6-7,13H,4-5,8-9,11H2/t13-,14+/m1/s1. The Morgan fingerprint density at radius 1 is 1.39 bits per heavy atom. The lowest BCUT2D eigenvalue weighted by atomic mass is 9.64. The molecule has 0 unspecified atom stereocenters. The van der Waals surface area contributed by atoms with Gasteiger partial charge in [-0.15, -0.1) is 0 Å². The smallest absolute Gasteiger partial charge is 0.0698 e. The average Bonchev–Trinajstić information content (AvgIpc) is 2.46. The molecule has 0 heterocycles. The van der Waals surface area contributed by atoms with E-state index in [1.165, 1.54) is 5.56 Å². The Labute approximate surface area is 107 Å². The predicted octanol–water partition coefficient (Wildman–Crippen LogP) is 4.16. The largest absolute Gasteiger partial charge is 0.198 e. The molecule has 1 saturated carbocycles. The Hall–Kier alpha value is -1.98. The maximum absolute atomic E-state index is 9.57. The summed E-state index contributed by atoms with van der Waals surface area (Å²) in [7, 11) is 0. The van der Waals surface area contributed by atoms with Gasteiger partial charge in [-0.2, -0.15) is 5.26 Å².